The molecule has 0 saturated carbocycles. The fourth-order valence-electron chi connectivity index (χ4n) is 2.56. The molecular weight excluding hydrogens is 422 g/mol. The zero-order chi connectivity index (χ0) is 22.2. The number of amides is 3. The third kappa shape index (κ3) is 6.35. The Hall–Kier alpha value is -3.78. The van der Waals surface area contributed by atoms with E-state index >= 15 is 0 Å². The number of carbonyl (C=O) groups excluding carboxylic acids is 3. The molecule has 0 radical (unpaired) electrons. The van der Waals surface area contributed by atoms with Crippen LogP contribution in [0.25, 0.3) is 0 Å². The SMILES string of the molecule is CN(CC(=O)NNC(=O)c1ccc(COc2ccc(Cl)cc2)cc1)C(=O)c1ccco1. The fraction of sp³-hybridized carbons (Fsp3) is 0.136. The summed E-state index contributed by atoms with van der Waals surface area (Å²) in [5.41, 5.74) is 5.82. The van der Waals surface area contributed by atoms with E-state index in [9.17, 15) is 14.4 Å². The molecule has 0 unspecified atom stereocenters. The molecule has 0 aliphatic heterocycles. The van der Waals surface area contributed by atoms with E-state index in [2.05, 4.69) is 10.9 Å². The Balaban J connectivity index is 1.44. The van der Waals surface area contributed by atoms with E-state index in [1.54, 1.807) is 54.6 Å². The van der Waals surface area contributed by atoms with Gasteiger partial charge in [-0.3, -0.25) is 25.2 Å². The van der Waals surface area contributed by atoms with Crippen LogP contribution >= 0.6 is 11.6 Å². The first-order valence-electron chi connectivity index (χ1n) is 9.28. The van der Waals surface area contributed by atoms with Crippen LogP contribution < -0.4 is 15.6 Å². The lowest BCUT2D eigenvalue weighted by atomic mass is 10.1. The molecule has 160 valence electrons. The monoisotopic (exact) mass is 441 g/mol. The van der Waals surface area contributed by atoms with Crippen molar-refractivity contribution in [3.63, 3.8) is 0 Å². The Bertz CT molecular complexity index is 1030. The molecule has 2 N–H and O–H groups in total. The molecule has 0 saturated heterocycles. The van der Waals surface area contributed by atoms with Gasteiger partial charge in [0.1, 0.15) is 18.9 Å². The average Bonchev–Trinajstić information content (AvgIpc) is 3.32. The minimum absolute atomic E-state index is 0.125. The molecule has 0 bridgehead atoms. The smallest absolute Gasteiger partial charge is 0.289 e. The number of likely N-dealkylation sites (N-methyl/N-ethyl adjacent to an activating group) is 1. The summed E-state index contributed by atoms with van der Waals surface area (Å²) in [6, 6.07) is 16.8. The Morgan fingerprint density at radius 3 is 2.35 bits per heavy atom. The number of carbonyl (C=O) groups is 3. The Morgan fingerprint density at radius 2 is 1.71 bits per heavy atom. The van der Waals surface area contributed by atoms with E-state index < -0.39 is 17.7 Å². The maximum Gasteiger partial charge on any atom is 0.289 e. The van der Waals surface area contributed by atoms with E-state index in [1.165, 1.54) is 24.3 Å². The number of hydrogen-bond donors (Lipinski definition) is 2. The molecule has 3 aromatic rings. The molecule has 1 heterocycles. The predicted octanol–water partition coefficient (Wildman–Crippen LogP) is 3.05. The molecule has 3 rings (SSSR count). The highest BCUT2D eigenvalue weighted by Gasteiger charge is 2.17. The Labute approximate surface area is 183 Å². The van der Waals surface area contributed by atoms with Crippen LogP contribution in [-0.4, -0.2) is 36.2 Å². The second kappa shape index (κ2) is 10.3. The van der Waals surface area contributed by atoms with Gasteiger partial charge in [0.2, 0.25) is 0 Å². The maximum atomic E-state index is 12.2. The third-order valence-electron chi connectivity index (χ3n) is 4.21. The normalized spacial score (nSPS) is 10.3. The zero-order valence-electron chi connectivity index (χ0n) is 16.6. The van der Waals surface area contributed by atoms with Crippen molar-refractivity contribution in [3.05, 3.63) is 88.8 Å². The van der Waals surface area contributed by atoms with Crippen molar-refractivity contribution in [1.29, 1.82) is 0 Å². The first kappa shape index (κ1) is 21.9. The van der Waals surface area contributed by atoms with Crippen LogP contribution in [-0.2, 0) is 11.4 Å². The molecular formula is C22H20ClN3O5. The van der Waals surface area contributed by atoms with Gasteiger partial charge in [0.25, 0.3) is 17.7 Å². The number of hydrazine groups is 1. The van der Waals surface area contributed by atoms with E-state index in [0.717, 1.165) is 5.56 Å². The van der Waals surface area contributed by atoms with Crippen LogP contribution in [0.2, 0.25) is 5.02 Å². The van der Waals surface area contributed by atoms with Crippen LogP contribution in [0.1, 0.15) is 26.5 Å². The number of ether oxygens (including phenoxy) is 1. The van der Waals surface area contributed by atoms with Gasteiger partial charge in [0.05, 0.1) is 6.26 Å². The van der Waals surface area contributed by atoms with Crippen LogP contribution in [0.5, 0.6) is 5.75 Å². The van der Waals surface area contributed by atoms with Crippen molar-refractivity contribution in [2.75, 3.05) is 13.6 Å². The van der Waals surface area contributed by atoms with Gasteiger partial charge in [-0.25, -0.2) is 0 Å². The van der Waals surface area contributed by atoms with Crippen molar-refractivity contribution in [1.82, 2.24) is 15.8 Å². The molecule has 2 aromatic carbocycles. The topological polar surface area (TPSA) is 101 Å². The quantitative estimate of drug-likeness (QED) is 0.549. The van der Waals surface area contributed by atoms with Gasteiger partial charge in [-0.05, 0) is 54.1 Å². The number of furan rings is 1. The third-order valence-corrected chi connectivity index (χ3v) is 4.46. The number of hydrogen-bond acceptors (Lipinski definition) is 5. The van der Waals surface area contributed by atoms with Gasteiger partial charge in [-0.1, -0.05) is 23.7 Å². The van der Waals surface area contributed by atoms with Gasteiger partial charge in [-0.15, -0.1) is 0 Å². The lowest BCUT2D eigenvalue weighted by Crippen LogP contribution is -2.46. The lowest BCUT2D eigenvalue weighted by Gasteiger charge is -2.15. The molecule has 8 nitrogen and oxygen atoms in total. The van der Waals surface area contributed by atoms with Crippen molar-refractivity contribution < 1.29 is 23.5 Å². The lowest BCUT2D eigenvalue weighted by molar-refractivity contribution is -0.122. The second-order valence-electron chi connectivity index (χ2n) is 6.58. The summed E-state index contributed by atoms with van der Waals surface area (Å²) in [7, 11) is 1.46. The van der Waals surface area contributed by atoms with Gasteiger partial charge < -0.3 is 14.1 Å². The van der Waals surface area contributed by atoms with Crippen LogP contribution in [0, 0.1) is 0 Å². The molecule has 9 heteroatoms. The van der Waals surface area contributed by atoms with Gasteiger partial charge in [-0.2, -0.15) is 0 Å². The van der Waals surface area contributed by atoms with Crippen LogP contribution in [0.3, 0.4) is 0 Å². The molecule has 0 fully saturated rings. The van der Waals surface area contributed by atoms with Crippen molar-refractivity contribution in [2.45, 2.75) is 6.61 Å². The highest BCUT2D eigenvalue weighted by molar-refractivity contribution is 6.30. The number of halogens is 1. The predicted molar refractivity (Wildman–Crippen MR) is 114 cm³/mol. The van der Waals surface area contributed by atoms with E-state index in [0.29, 0.717) is 22.9 Å². The second-order valence-corrected chi connectivity index (χ2v) is 7.02. The molecule has 0 aliphatic carbocycles. The summed E-state index contributed by atoms with van der Waals surface area (Å²) in [4.78, 5) is 37.4. The van der Waals surface area contributed by atoms with Crippen LogP contribution in [0.4, 0.5) is 0 Å². The Morgan fingerprint density at radius 1 is 1.00 bits per heavy atom. The largest absolute Gasteiger partial charge is 0.489 e. The van der Waals surface area contributed by atoms with Crippen molar-refractivity contribution >= 4 is 29.3 Å². The molecule has 1 aromatic heterocycles. The molecule has 0 aliphatic rings. The van der Waals surface area contributed by atoms with Crippen molar-refractivity contribution in [2.24, 2.45) is 0 Å². The summed E-state index contributed by atoms with van der Waals surface area (Å²) in [5, 5.41) is 0.630. The van der Waals surface area contributed by atoms with Gasteiger partial charge in [0.15, 0.2) is 5.76 Å². The maximum absolute atomic E-state index is 12.2. The fourth-order valence-corrected chi connectivity index (χ4v) is 2.69. The first-order valence-corrected chi connectivity index (χ1v) is 9.65. The average molecular weight is 442 g/mol. The standard InChI is InChI=1S/C22H20ClN3O5/c1-26(22(29)19-3-2-12-30-19)13-20(27)24-25-21(28)16-6-4-15(5-7-16)14-31-18-10-8-17(23)9-11-18/h2-12H,13-14H2,1H3,(H,24,27)(H,25,28). The highest BCUT2D eigenvalue weighted by atomic mass is 35.5. The van der Waals surface area contributed by atoms with Gasteiger partial charge in [0, 0.05) is 17.6 Å². The molecule has 0 spiro atoms. The number of nitrogens with one attached hydrogen (secondary N) is 2. The first-order chi connectivity index (χ1) is 14.9. The zero-order valence-corrected chi connectivity index (χ0v) is 17.4. The summed E-state index contributed by atoms with van der Waals surface area (Å²) in [6.45, 7) is 0.0804. The van der Waals surface area contributed by atoms with Gasteiger partial charge >= 0.3 is 0 Å². The molecule has 31 heavy (non-hydrogen) atoms. The minimum atomic E-state index is -0.552. The van der Waals surface area contributed by atoms with E-state index in [1.807, 2.05) is 0 Å². The minimum Gasteiger partial charge on any atom is -0.489 e. The summed E-state index contributed by atoms with van der Waals surface area (Å²) in [6.07, 6.45) is 1.37. The molecule has 0 atom stereocenters. The number of rotatable bonds is 7. The molecule has 3 amide bonds. The summed E-state index contributed by atoms with van der Waals surface area (Å²) in [5.74, 6) is -0.672. The van der Waals surface area contributed by atoms with Crippen LogP contribution in [0.15, 0.2) is 71.3 Å². The highest BCUT2D eigenvalue weighted by Crippen LogP contribution is 2.17. The van der Waals surface area contributed by atoms with Crippen molar-refractivity contribution in [3.8, 4) is 5.75 Å². The Kier molecular flexibility index (Phi) is 7.29. The number of benzene rings is 2. The summed E-state index contributed by atoms with van der Waals surface area (Å²) < 4.78 is 10.7. The number of nitrogens with zero attached hydrogens (tertiary/aromatic N) is 1. The van der Waals surface area contributed by atoms with E-state index in [-0.39, 0.29) is 12.3 Å². The summed E-state index contributed by atoms with van der Waals surface area (Å²) >= 11 is 5.84. The van der Waals surface area contributed by atoms with E-state index in [4.69, 9.17) is 20.8 Å².